The van der Waals surface area contributed by atoms with E-state index in [4.69, 9.17) is 16.2 Å². The Labute approximate surface area is 101 Å². The van der Waals surface area contributed by atoms with Gasteiger partial charge in [-0.2, -0.15) is 0 Å². The van der Waals surface area contributed by atoms with Crippen LogP contribution in [0.25, 0.3) is 0 Å². The van der Waals surface area contributed by atoms with Crippen molar-refractivity contribution in [3.8, 4) is 11.5 Å². The van der Waals surface area contributed by atoms with Crippen molar-refractivity contribution in [1.29, 1.82) is 0 Å². The number of nitrogen functional groups attached to an aromatic ring is 2. The van der Waals surface area contributed by atoms with Gasteiger partial charge in [-0.05, 0) is 49.7 Å². The first kappa shape index (κ1) is 11.3. The summed E-state index contributed by atoms with van der Waals surface area (Å²) in [5, 5.41) is 0. The van der Waals surface area contributed by atoms with Gasteiger partial charge in [-0.3, -0.25) is 0 Å². The van der Waals surface area contributed by atoms with E-state index in [9.17, 15) is 0 Å². The molecule has 0 aliphatic carbocycles. The van der Waals surface area contributed by atoms with E-state index in [1.165, 1.54) is 0 Å². The molecule has 0 saturated heterocycles. The summed E-state index contributed by atoms with van der Waals surface area (Å²) in [4.78, 5) is 0. The molecular formula is C14H16N2O. The number of anilines is 2. The van der Waals surface area contributed by atoms with Gasteiger partial charge in [-0.25, -0.2) is 0 Å². The molecule has 0 atom stereocenters. The lowest BCUT2D eigenvalue weighted by atomic mass is 10.1. The summed E-state index contributed by atoms with van der Waals surface area (Å²) in [6, 6.07) is 11.2. The van der Waals surface area contributed by atoms with Gasteiger partial charge in [0, 0.05) is 16.9 Å². The van der Waals surface area contributed by atoms with Crippen LogP contribution in [0.15, 0.2) is 36.4 Å². The van der Waals surface area contributed by atoms with Gasteiger partial charge in [-0.15, -0.1) is 0 Å². The van der Waals surface area contributed by atoms with Gasteiger partial charge >= 0.3 is 0 Å². The molecule has 0 aliphatic heterocycles. The molecule has 3 heteroatoms. The van der Waals surface area contributed by atoms with Crippen LogP contribution in [-0.4, -0.2) is 0 Å². The van der Waals surface area contributed by atoms with Crippen molar-refractivity contribution in [3.05, 3.63) is 47.5 Å². The Balaban J connectivity index is 2.35. The van der Waals surface area contributed by atoms with Crippen molar-refractivity contribution in [3.63, 3.8) is 0 Å². The molecule has 17 heavy (non-hydrogen) atoms. The maximum absolute atomic E-state index is 5.84. The standard InChI is InChI=1S/C14H16N2O/c1-9-8-11(15)6-7-13(9)17-14-5-3-4-12(16)10(14)2/h3-8H,15-16H2,1-2H3. The summed E-state index contributed by atoms with van der Waals surface area (Å²) in [5.41, 5.74) is 15.0. The Kier molecular flexibility index (Phi) is 2.91. The zero-order chi connectivity index (χ0) is 12.4. The molecule has 0 spiro atoms. The summed E-state index contributed by atoms with van der Waals surface area (Å²) >= 11 is 0. The largest absolute Gasteiger partial charge is 0.457 e. The number of nitrogens with two attached hydrogens (primary N) is 2. The van der Waals surface area contributed by atoms with Crippen molar-refractivity contribution in [2.24, 2.45) is 0 Å². The summed E-state index contributed by atoms with van der Waals surface area (Å²) in [7, 11) is 0. The van der Waals surface area contributed by atoms with Crippen LogP contribution in [0.5, 0.6) is 11.5 Å². The van der Waals surface area contributed by atoms with E-state index in [1.54, 1.807) is 0 Å². The fourth-order valence-electron chi connectivity index (χ4n) is 1.65. The third-order valence-electron chi connectivity index (χ3n) is 2.74. The summed E-state index contributed by atoms with van der Waals surface area (Å²) in [6.45, 7) is 3.91. The van der Waals surface area contributed by atoms with E-state index in [1.807, 2.05) is 50.2 Å². The van der Waals surface area contributed by atoms with Crippen LogP contribution in [0.2, 0.25) is 0 Å². The Morgan fingerprint density at radius 2 is 1.71 bits per heavy atom. The molecule has 4 N–H and O–H groups in total. The van der Waals surface area contributed by atoms with Crippen molar-refractivity contribution in [1.82, 2.24) is 0 Å². The van der Waals surface area contributed by atoms with E-state index >= 15 is 0 Å². The minimum Gasteiger partial charge on any atom is -0.457 e. The molecule has 0 aliphatic rings. The summed E-state index contributed by atoms with van der Waals surface area (Å²) < 4.78 is 5.84. The quantitative estimate of drug-likeness (QED) is 0.775. The normalized spacial score (nSPS) is 10.2. The van der Waals surface area contributed by atoms with Gasteiger partial charge in [0.1, 0.15) is 11.5 Å². The number of benzene rings is 2. The SMILES string of the molecule is Cc1cc(N)ccc1Oc1cccc(N)c1C. The number of ether oxygens (including phenoxy) is 1. The maximum atomic E-state index is 5.84. The Morgan fingerprint density at radius 1 is 0.941 bits per heavy atom. The minimum absolute atomic E-state index is 0.732. The maximum Gasteiger partial charge on any atom is 0.132 e. The first-order valence-corrected chi connectivity index (χ1v) is 5.47. The monoisotopic (exact) mass is 228 g/mol. The molecule has 0 bridgehead atoms. The first-order chi connectivity index (χ1) is 8.08. The van der Waals surface area contributed by atoms with Crippen molar-refractivity contribution in [2.75, 3.05) is 11.5 Å². The molecule has 2 rings (SSSR count). The van der Waals surface area contributed by atoms with E-state index < -0.39 is 0 Å². The molecule has 0 fully saturated rings. The molecular weight excluding hydrogens is 212 g/mol. The molecule has 0 aromatic heterocycles. The van der Waals surface area contributed by atoms with Crippen LogP contribution in [0.3, 0.4) is 0 Å². The third kappa shape index (κ3) is 2.33. The molecule has 0 saturated carbocycles. The predicted molar refractivity (Wildman–Crippen MR) is 71.3 cm³/mol. The lowest BCUT2D eigenvalue weighted by molar-refractivity contribution is 0.475. The second-order valence-electron chi connectivity index (χ2n) is 4.10. The van der Waals surface area contributed by atoms with Crippen molar-refractivity contribution in [2.45, 2.75) is 13.8 Å². The summed E-state index contributed by atoms with van der Waals surface area (Å²) in [6.07, 6.45) is 0. The van der Waals surface area contributed by atoms with E-state index in [0.717, 1.165) is 34.0 Å². The van der Waals surface area contributed by atoms with Crippen LogP contribution in [-0.2, 0) is 0 Å². The van der Waals surface area contributed by atoms with Crippen LogP contribution in [0.1, 0.15) is 11.1 Å². The van der Waals surface area contributed by atoms with Crippen LogP contribution >= 0.6 is 0 Å². The van der Waals surface area contributed by atoms with Gasteiger partial charge in [0.05, 0.1) is 0 Å². The topological polar surface area (TPSA) is 61.3 Å². The molecule has 2 aromatic carbocycles. The van der Waals surface area contributed by atoms with E-state index in [0.29, 0.717) is 0 Å². The number of hydrogen-bond acceptors (Lipinski definition) is 3. The van der Waals surface area contributed by atoms with Gasteiger partial charge < -0.3 is 16.2 Å². The van der Waals surface area contributed by atoms with E-state index in [2.05, 4.69) is 0 Å². The minimum atomic E-state index is 0.732. The second kappa shape index (κ2) is 4.37. The third-order valence-corrected chi connectivity index (χ3v) is 2.74. The molecule has 0 amide bonds. The average Bonchev–Trinajstić information content (AvgIpc) is 2.28. The average molecular weight is 228 g/mol. The molecule has 0 heterocycles. The molecule has 0 radical (unpaired) electrons. The smallest absolute Gasteiger partial charge is 0.132 e. The fraction of sp³-hybridized carbons (Fsp3) is 0.143. The van der Waals surface area contributed by atoms with Gasteiger partial charge in [0.2, 0.25) is 0 Å². The molecule has 0 unspecified atom stereocenters. The first-order valence-electron chi connectivity index (χ1n) is 5.47. The van der Waals surface area contributed by atoms with Crippen LogP contribution < -0.4 is 16.2 Å². The second-order valence-corrected chi connectivity index (χ2v) is 4.10. The van der Waals surface area contributed by atoms with E-state index in [-0.39, 0.29) is 0 Å². The lowest BCUT2D eigenvalue weighted by Crippen LogP contribution is -1.95. The fourth-order valence-corrected chi connectivity index (χ4v) is 1.65. The highest BCUT2D eigenvalue weighted by Crippen LogP contribution is 2.30. The zero-order valence-corrected chi connectivity index (χ0v) is 10.0. The van der Waals surface area contributed by atoms with Crippen molar-refractivity contribution >= 4 is 11.4 Å². The van der Waals surface area contributed by atoms with Gasteiger partial charge in [0.15, 0.2) is 0 Å². The number of rotatable bonds is 2. The number of aryl methyl sites for hydroxylation is 1. The van der Waals surface area contributed by atoms with Gasteiger partial charge in [0.25, 0.3) is 0 Å². The van der Waals surface area contributed by atoms with Gasteiger partial charge in [-0.1, -0.05) is 6.07 Å². The Morgan fingerprint density at radius 3 is 2.41 bits per heavy atom. The van der Waals surface area contributed by atoms with Crippen molar-refractivity contribution < 1.29 is 4.74 Å². The van der Waals surface area contributed by atoms with Crippen LogP contribution in [0, 0.1) is 13.8 Å². The Bertz CT molecular complexity index is 550. The molecule has 88 valence electrons. The summed E-state index contributed by atoms with van der Waals surface area (Å²) in [5.74, 6) is 1.57. The Hall–Kier alpha value is -2.16. The predicted octanol–water partition coefficient (Wildman–Crippen LogP) is 3.26. The lowest BCUT2D eigenvalue weighted by Gasteiger charge is -2.12. The molecule has 3 nitrogen and oxygen atoms in total. The highest BCUT2D eigenvalue weighted by atomic mass is 16.5. The zero-order valence-electron chi connectivity index (χ0n) is 10.0. The molecule has 2 aromatic rings. The van der Waals surface area contributed by atoms with Crippen LogP contribution in [0.4, 0.5) is 11.4 Å². The highest BCUT2D eigenvalue weighted by molar-refractivity contribution is 5.55. The highest BCUT2D eigenvalue weighted by Gasteiger charge is 2.06. The number of hydrogen-bond donors (Lipinski definition) is 2.